The van der Waals surface area contributed by atoms with Crippen LogP contribution in [0.5, 0.6) is 0 Å². The molecule has 2 aliphatic carbocycles. The van der Waals surface area contributed by atoms with Crippen LogP contribution >= 0.6 is 0 Å². The summed E-state index contributed by atoms with van der Waals surface area (Å²) in [5.41, 5.74) is 5.74. The fraction of sp³-hybridized carbons (Fsp3) is 0.655. The second-order valence-electron chi connectivity index (χ2n) is 9.19. The Balaban J connectivity index is 1.39. The second-order valence-corrected chi connectivity index (χ2v) is 9.19. The van der Waals surface area contributed by atoms with Gasteiger partial charge in [0, 0.05) is 0 Å². The molecule has 2 rings (SSSR count). The summed E-state index contributed by atoms with van der Waals surface area (Å²) in [5.74, 6) is 0. The Kier molecular flexibility index (Phi) is 12.8. The predicted molar refractivity (Wildman–Crippen MR) is 131 cm³/mol. The molecule has 0 nitrogen and oxygen atoms in total. The zero-order valence-electron chi connectivity index (χ0n) is 19.5. The first-order valence-electron chi connectivity index (χ1n) is 12.8. The van der Waals surface area contributed by atoms with Crippen LogP contribution in [-0.2, 0) is 6.42 Å². The highest BCUT2D eigenvalue weighted by Gasteiger charge is 2.07. The van der Waals surface area contributed by atoms with E-state index in [1.807, 2.05) is 0 Å². The normalized spacial score (nSPS) is 11.4. The molecule has 0 atom stereocenters. The Hall–Kier alpha value is -1.30. The maximum Gasteiger partial charge on any atom is -0.0152 e. The van der Waals surface area contributed by atoms with Gasteiger partial charge in [0.1, 0.15) is 0 Å². The second kappa shape index (κ2) is 15.5. The van der Waals surface area contributed by atoms with Crippen LogP contribution in [0.15, 0.2) is 36.4 Å². The van der Waals surface area contributed by atoms with Gasteiger partial charge in [-0.05, 0) is 36.5 Å². The molecule has 0 heterocycles. The molecule has 0 aliphatic heterocycles. The largest absolute Gasteiger partial charge is 0.0654 e. The van der Waals surface area contributed by atoms with Crippen LogP contribution in [0, 0.1) is 6.92 Å². The number of aryl methyl sites for hydroxylation is 2. The molecule has 0 bridgehead atoms. The Morgan fingerprint density at radius 2 is 0.931 bits per heavy atom. The minimum absolute atomic E-state index is 1.24. The lowest BCUT2D eigenvalue weighted by Crippen LogP contribution is -1.86. The highest BCUT2D eigenvalue weighted by molar-refractivity contribution is 5.70. The minimum Gasteiger partial charge on any atom is -0.0654 e. The van der Waals surface area contributed by atoms with E-state index in [2.05, 4.69) is 50.2 Å². The molecule has 0 saturated heterocycles. The molecule has 0 fully saturated rings. The van der Waals surface area contributed by atoms with Crippen LogP contribution in [0.3, 0.4) is 0 Å². The molecular formula is C29H46. The molecule has 0 radical (unpaired) electrons. The number of hydrogen-bond acceptors (Lipinski definition) is 0. The Morgan fingerprint density at radius 1 is 0.483 bits per heavy atom. The molecule has 0 N–H and O–H groups in total. The topological polar surface area (TPSA) is 0 Å². The average Bonchev–Trinajstić information content (AvgIpc) is 3.02. The third-order valence-corrected chi connectivity index (χ3v) is 6.46. The lowest BCUT2D eigenvalue weighted by molar-refractivity contribution is 0.529. The Bertz CT molecular complexity index is 612. The van der Waals surface area contributed by atoms with Gasteiger partial charge in [0.15, 0.2) is 0 Å². The van der Waals surface area contributed by atoms with E-state index < -0.39 is 0 Å². The molecule has 0 amide bonds. The smallest absolute Gasteiger partial charge is 0.0152 e. The quantitative estimate of drug-likeness (QED) is 0.234. The van der Waals surface area contributed by atoms with Gasteiger partial charge in [0.25, 0.3) is 0 Å². The van der Waals surface area contributed by atoms with Gasteiger partial charge in [-0.25, -0.2) is 0 Å². The molecule has 2 aliphatic rings. The molecule has 0 spiro atoms. The fourth-order valence-corrected chi connectivity index (χ4v) is 4.48. The monoisotopic (exact) mass is 394 g/mol. The summed E-state index contributed by atoms with van der Waals surface area (Å²) in [5, 5.41) is 0. The minimum atomic E-state index is 1.24. The van der Waals surface area contributed by atoms with Gasteiger partial charge in [-0.2, -0.15) is 0 Å². The molecular weight excluding hydrogens is 348 g/mol. The van der Waals surface area contributed by atoms with Crippen LogP contribution in [0.25, 0.3) is 11.1 Å². The average molecular weight is 395 g/mol. The summed E-state index contributed by atoms with van der Waals surface area (Å²) in [6.45, 7) is 4.47. The van der Waals surface area contributed by atoms with E-state index in [0.717, 1.165) is 0 Å². The first-order chi connectivity index (χ1) is 14.3. The van der Waals surface area contributed by atoms with Crippen LogP contribution in [0.1, 0.15) is 121 Å². The van der Waals surface area contributed by atoms with Crippen molar-refractivity contribution in [2.45, 2.75) is 123 Å². The highest BCUT2D eigenvalue weighted by Crippen LogP contribution is 2.28. The fourth-order valence-electron chi connectivity index (χ4n) is 4.48. The third kappa shape index (κ3) is 10.3. The van der Waals surface area contributed by atoms with Gasteiger partial charge in [-0.3, -0.25) is 0 Å². The van der Waals surface area contributed by atoms with Crippen molar-refractivity contribution in [1.82, 2.24) is 0 Å². The molecule has 0 aromatic heterocycles. The van der Waals surface area contributed by atoms with Crippen molar-refractivity contribution in [2.24, 2.45) is 0 Å². The Labute approximate surface area is 181 Å². The van der Waals surface area contributed by atoms with Gasteiger partial charge in [0.2, 0.25) is 0 Å². The van der Waals surface area contributed by atoms with Crippen LogP contribution in [0.4, 0.5) is 0 Å². The number of unbranched alkanes of at least 4 members (excludes halogenated alkanes) is 15. The SMILES string of the molecule is CCCCCCCCCCCCCCCCCCc1ccc2ccc(C)ccc1-2. The van der Waals surface area contributed by atoms with Crippen molar-refractivity contribution in [3.05, 3.63) is 47.5 Å². The molecule has 0 aromatic carbocycles. The van der Waals surface area contributed by atoms with Crippen molar-refractivity contribution < 1.29 is 0 Å². The van der Waals surface area contributed by atoms with Gasteiger partial charge in [0.05, 0.1) is 0 Å². The van der Waals surface area contributed by atoms with Crippen molar-refractivity contribution in [3.8, 4) is 11.1 Å². The maximum atomic E-state index is 2.34. The predicted octanol–water partition coefficient (Wildman–Crippen LogP) is 9.90. The van der Waals surface area contributed by atoms with E-state index in [4.69, 9.17) is 0 Å². The standard InChI is InChI=1S/C29H46/c1-3-4-5-6-7-8-9-10-11-12-13-14-15-16-17-18-19-27-23-24-28-22-20-26(2)21-25-29(27)28/h20-25H,3-19H2,1-2H3. The van der Waals surface area contributed by atoms with E-state index in [9.17, 15) is 0 Å². The van der Waals surface area contributed by atoms with E-state index in [-0.39, 0.29) is 0 Å². The zero-order valence-corrected chi connectivity index (χ0v) is 19.5. The summed E-state index contributed by atoms with van der Waals surface area (Å²) in [6.07, 6.45) is 24.3. The van der Waals surface area contributed by atoms with Gasteiger partial charge >= 0.3 is 0 Å². The van der Waals surface area contributed by atoms with E-state index >= 15 is 0 Å². The molecule has 0 heteroatoms. The number of rotatable bonds is 17. The van der Waals surface area contributed by atoms with Crippen molar-refractivity contribution in [2.75, 3.05) is 0 Å². The summed E-state index contributed by atoms with van der Waals surface area (Å²) >= 11 is 0. The zero-order chi connectivity index (χ0) is 20.6. The first kappa shape index (κ1) is 24.0. The molecule has 0 unspecified atom stereocenters. The lowest BCUT2D eigenvalue weighted by atomic mass is 10.0. The highest BCUT2D eigenvalue weighted by atomic mass is 14.1. The lowest BCUT2D eigenvalue weighted by Gasteiger charge is -2.04. The molecule has 162 valence electrons. The van der Waals surface area contributed by atoms with E-state index in [1.54, 1.807) is 5.56 Å². The van der Waals surface area contributed by atoms with E-state index in [1.165, 1.54) is 126 Å². The van der Waals surface area contributed by atoms with Crippen molar-refractivity contribution in [3.63, 3.8) is 0 Å². The van der Waals surface area contributed by atoms with Crippen molar-refractivity contribution in [1.29, 1.82) is 0 Å². The summed E-state index contributed by atoms with van der Waals surface area (Å²) < 4.78 is 0. The van der Waals surface area contributed by atoms with Gasteiger partial charge < -0.3 is 0 Å². The third-order valence-electron chi connectivity index (χ3n) is 6.46. The maximum absolute atomic E-state index is 2.34. The Morgan fingerprint density at radius 3 is 1.48 bits per heavy atom. The van der Waals surface area contributed by atoms with Crippen LogP contribution in [-0.4, -0.2) is 0 Å². The summed E-state index contributed by atoms with van der Waals surface area (Å²) in [6, 6.07) is 13.7. The number of fused-ring (bicyclic) bond motifs is 1. The van der Waals surface area contributed by atoms with Gasteiger partial charge in [-0.15, -0.1) is 0 Å². The summed E-state index contributed by atoms with van der Waals surface area (Å²) in [4.78, 5) is 0. The van der Waals surface area contributed by atoms with Crippen LogP contribution < -0.4 is 0 Å². The number of hydrogen-bond donors (Lipinski definition) is 0. The van der Waals surface area contributed by atoms with Gasteiger partial charge in [-0.1, -0.05) is 145 Å². The summed E-state index contributed by atoms with van der Waals surface area (Å²) in [7, 11) is 0. The first-order valence-corrected chi connectivity index (χ1v) is 12.8. The van der Waals surface area contributed by atoms with Crippen LogP contribution in [0.2, 0.25) is 0 Å². The van der Waals surface area contributed by atoms with Crippen molar-refractivity contribution >= 4 is 0 Å². The molecule has 0 aromatic rings. The molecule has 0 saturated carbocycles. The van der Waals surface area contributed by atoms with E-state index in [0.29, 0.717) is 0 Å². The molecule has 29 heavy (non-hydrogen) atoms.